The van der Waals surface area contributed by atoms with E-state index in [2.05, 4.69) is 4.98 Å². The number of hydrogen-bond acceptors (Lipinski definition) is 4. The molecule has 0 spiro atoms. The summed E-state index contributed by atoms with van der Waals surface area (Å²) in [6.07, 6.45) is -0.648. The van der Waals surface area contributed by atoms with Crippen LogP contribution in [0.25, 0.3) is 5.82 Å². The highest BCUT2D eigenvalue weighted by atomic mass is 16.4. The molecule has 2 heterocycles. The van der Waals surface area contributed by atoms with Crippen molar-refractivity contribution >= 4 is 6.09 Å². The average Bonchev–Trinajstić information content (AvgIpc) is 2.90. The number of amides is 1. The summed E-state index contributed by atoms with van der Waals surface area (Å²) < 4.78 is 1.99. The molecule has 2 aromatic rings. The number of aliphatic hydroxyl groups is 2. The first-order valence-corrected chi connectivity index (χ1v) is 7.75. The van der Waals surface area contributed by atoms with Crippen LogP contribution in [0.1, 0.15) is 30.0 Å². The van der Waals surface area contributed by atoms with E-state index in [1.54, 1.807) is 25.3 Å². The monoisotopic (exact) mass is 333 g/mol. The molecule has 0 saturated heterocycles. The number of aryl methyl sites for hydroxylation is 2. The summed E-state index contributed by atoms with van der Waals surface area (Å²) in [5, 5.41) is 28.6. The topological polar surface area (TPSA) is 98.8 Å². The molecule has 0 fully saturated rings. The van der Waals surface area contributed by atoms with Gasteiger partial charge in [0.15, 0.2) is 0 Å². The molecule has 7 heteroatoms. The second kappa shape index (κ2) is 7.46. The molecule has 3 N–H and O–H groups in total. The molecule has 0 aliphatic carbocycles. The van der Waals surface area contributed by atoms with Gasteiger partial charge in [-0.25, -0.2) is 9.78 Å². The molecule has 0 radical (unpaired) electrons. The number of aliphatic hydroxyl groups excluding tert-OH is 2. The van der Waals surface area contributed by atoms with Crippen molar-refractivity contribution in [2.75, 3.05) is 13.2 Å². The maximum atomic E-state index is 11.2. The lowest BCUT2D eigenvalue weighted by Crippen LogP contribution is -2.42. The summed E-state index contributed by atoms with van der Waals surface area (Å²) in [5.41, 5.74) is 2.64. The minimum atomic E-state index is -1.18. The molecular weight excluding hydrogens is 310 g/mol. The highest BCUT2D eigenvalue weighted by Gasteiger charge is 2.23. The van der Waals surface area contributed by atoms with Crippen LogP contribution in [-0.2, 0) is 0 Å². The zero-order valence-corrected chi connectivity index (χ0v) is 14.0. The van der Waals surface area contributed by atoms with E-state index in [0.717, 1.165) is 22.1 Å². The number of pyridine rings is 1. The quantitative estimate of drug-likeness (QED) is 0.750. The van der Waals surface area contributed by atoms with Crippen molar-refractivity contribution in [1.82, 2.24) is 14.5 Å². The second-order valence-corrected chi connectivity index (χ2v) is 5.88. The van der Waals surface area contributed by atoms with Crippen molar-refractivity contribution in [1.29, 1.82) is 0 Å². The van der Waals surface area contributed by atoms with Crippen LogP contribution in [0, 0.1) is 13.8 Å². The Labute approximate surface area is 140 Å². The Hall–Kier alpha value is -2.38. The number of nitrogens with zero attached hydrogens (tertiary/aromatic N) is 3. The van der Waals surface area contributed by atoms with Crippen molar-refractivity contribution in [3.05, 3.63) is 47.4 Å². The Balaban J connectivity index is 2.17. The van der Waals surface area contributed by atoms with E-state index in [9.17, 15) is 15.0 Å². The van der Waals surface area contributed by atoms with Gasteiger partial charge in [-0.1, -0.05) is 6.07 Å². The van der Waals surface area contributed by atoms with E-state index in [1.807, 2.05) is 30.5 Å². The molecular formula is C17H23N3O4. The van der Waals surface area contributed by atoms with Crippen molar-refractivity contribution in [2.24, 2.45) is 0 Å². The largest absolute Gasteiger partial charge is 0.465 e. The summed E-state index contributed by atoms with van der Waals surface area (Å²) in [7, 11) is 0. The lowest BCUT2D eigenvalue weighted by Gasteiger charge is -2.27. The molecule has 1 amide bonds. The van der Waals surface area contributed by atoms with E-state index in [0.29, 0.717) is 5.56 Å². The molecule has 130 valence electrons. The van der Waals surface area contributed by atoms with E-state index < -0.39 is 18.2 Å². The Morgan fingerprint density at radius 2 is 1.88 bits per heavy atom. The van der Waals surface area contributed by atoms with Gasteiger partial charge in [0.2, 0.25) is 0 Å². The van der Waals surface area contributed by atoms with Crippen LogP contribution in [0.2, 0.25) is 0 Å². The number of aromatic nitrogens is 2. The van der Waals surface area contributed by atoms with Crippen LogP contribution in [0.4, 0.5) is 4.79 Å². The summed E-state index contributed by atoms with van der Waals surface area (Å²) in [4.78, 5) is 16.6. The first kappa shape index (κ1) is 18.0. The zero-order chi connectivity index (χ0) is 17.9. The van der Waals surface area contributed by atoms with Crippen molar-refractivity contribution < 1.29 is 20.1 Å². The fourth-order valence-electron chi connectivity index (χ4n) is 2.59. The summed E-state index contributed by atoms with van der Waals surface area (Å²) in [6.45, 7) is 5.12. The van der Waals surface area contributed by atoms with Gasteiger partial charge < -0.3 is 24.8 Å². The third-order valence-electron chi connectivity index (χ3n) is 4.07. The van der Waals surface area contributed by atoms with Gasteiger partial charge in [0, 0.05) is 23.1 Å². The summed E-state index contributed by atoms with van der Waals surface area (Å²) in [6, 6.07) is 6.94. The van der Waals surface area contributed by atoms with Crippen LogP contribution >= 0.6 is 0 Å². The van der Waals surface area contributed by atoms with Crippen LogP contribution in [-0.4, -0.2) is 55.1 Å². The minimum Gasteiger partial charge on any atom is -0.465 e. The molecule has 2 rings (SSSR count). The molecule has 0 saturated carbocycles. The molecule has 0 aromatic carbocycles. The van der Waals surface area contributed by atoms with E-state index in [1.165, 1.54) is 0 Å². The third kappa shape index (κ3) is 3.74. The number of hydrogen-bond donors (Lipinski definition) is 3. The Morgan fingerprint density at radius 1 is 1.25 bits per heavy atom. The van der Waals surface area contributed by atoms with E-state index in [-0.39, 0.29) is 13.2 Å². The molecule has 2 unspecified atom stereocenters. The Bertz CT molecular complexity index is 677. The third-order valence-corrected chi connectivity index (χ3v) is 4.07. The van der Waals surface area contributed by atoms with E-state index in [4.69, 9.17) is 5.11 Å². The average molecular weight is 333 g/mol. The Morgan fingerprint density at radius 3 is 2.33 bits per heavy atom. The SMILES string of the molecule is Cc1ccc(C)n1-c1ccc(C(O)CN(C(=O)O)C(C)CO)cn1. The van der Waals surface area contributed by atoms with Gasteiger partial charge in [-0.2, -0.15) is 0 Å². The van der Waals surface area contributed by atoms with Gasteiger partial charge >= 0.3 is 6.09 Å². The van der Waals surface area contributed by atoms with Crippen LogP contribution in [0.3, 0.4) is 0 Å². The number of rotatable bonds is 6. The number of carbonyl (C=O) groups is 1. The first-order chi connectivity index (χ1) is 11.3. The van der Waals surface area contributed by atoms with Crippen molar-refractivity contribution in [3.8, 4) is 5.82 Å². The predicted molar refractivity (Wildman–Crippen MR) is 89.3 cm³/mol. The lowest BCUT2D eigenvalue weighted by molar-refractivity contribution is 0.0632. The van der Waals surface area contributed by atoms with Crippen molar-refractivity contribution in [3.63, 3.8) is 0 Å². The molecule has 2 atom stereocenters. The number of carboxylic acid groups (broad SMARTS) is 1. The smallest absolute Gasteiger partial charge is 0.407 e. The summed E-state index contributed by atoms with van der Waals surface area (Å²) in [5.74, 6) is 0.741. The van der Waals surface area contributed by atoms with Gasteiger partial charge in [0.05, 0.1) is 25.3 Å². The van der Waals surface area contributed by atoms with Crippen LogP contribution in [0.5, 0.6) is 0 Å². The highest BCUT2D eigenvalue weighted by molar-refractivity contribution is 5.65. The maximum Gasteiger partial charge on any atom is 0.407 e. The maximum absolute atomic E-state index is 11.2. The lowest BCUT2D eigenvalue weighted by atomic mass is 10.1. The zero-order valence-electron chi connectivity index (χ0n) is 14.0. The van der Waals surface area contributed by atoms with Crippen LogP contribution < -0.4 is 0 Å². The standard InChI is InChI=1S/C17H23N3O4/c1-11-4-5-12(2)20(11)16-7-6-14(8-18-16)15(22)9-19(17(23)24)13(3)10-21/h4-8,13,15,21-22H,9-10H2,1-3H3,(H,23,24). The minimum absolute atomic E-state index is 0.125. The normalized spacial score (nSPS) is 13.5. The Kier molecular flexibility index (Phi) is 5.58. The predicted octanol–water partition coefficient (Wildman–Crippen LogP) is 1.88. The highest BCUT2D eigenvalue weighted by Crippen LogP contribution is 2.19. The summed E-state index contributed by atoms with van der Waals surface area (Å²) >= 11 is 0. The second-order valence-electron chi connectivity index (χ2n) is 5.88. The van der Waals surface area contributed by atoms with Crippen molar-refractivity contribution in [2.45, 2.75) is 32.9 Å². The van der Waals surface area contributed by atoms with E-state index >= 15 is 0 Å². The fraction of sp³-hybridized carbons (Fsp3) is 0.412. The van der Waals surface area contributed by atoms with Gasteiger partial charge in [-0.3, -0.25) is 0 Å². The first-order valence-electron chi connectivity index (χ1n) is 7.75. The molecule has 0 aliphatic rings. The van der Waals surface area contributed by atoms with Crippen LogP contribution in [0.15, 0.2) is 30.5 Å². The molecule has 24 heavy (non-hydrogen) atoms. The van der Waals surface area contributed by atoms with Gasteiger partial charge in [0.1, 0.15) is 5.82 Å². The van der Waals surface area contributed by atoms with Gasteiger partial charge in [-0.05, 0) is 39.0 Å². The molecule has 7 nitrogen and oxygen atoms in total. The molecule has 0 aliphatic heterocycles. The van der Waals surface area contributed by atoms with Gasteiger partial charge in [0.25, 0.3) is 0 Å². The molecule has 2 aromatic heterocycles. The van der Waals surface area contributed by atoms with Gasteiger partial charge in [-0.15, -0.1) is 0 Å². The fourth-order valence-corrected chi connectivity index (χ4v) is 2.59. The molecule has 0 bridgehead atoms.